The van der Waals surface area contributed by atoms with Crippen molar-refractivity contribution in [1.29, 1.82) is 5.26 Å². The predicted octanol–water partition coefficient (Wildman–Crippen LogP) is 4.78. The van der Waals surface area contributed by atoms with Gasteiger partial charge < -0.3 is 10.1 Å². The first kappa shape index (κ1) is 20.2. The van der Waals surface area contributed by atoms with Crippen LogP contribution >= 0.6 is 0 Å². The summed E-state index contributed by atoms with van der Waals surface area (Å²) in [7, 11) is 0. The normalized spacial score (nSPS) is 11.5. The van der Waals surface area contributed by atoms with Crippen LogP contribution in [0.4, 0.5) is 9.18 Å². The molecule has 1 aliphatic rings. The van der Waals surface area contributed by atoms with Crippen molar-refractivity contribution in [2.75, 3.05) is 13.2 Å². The minimum atomic E-state index is -0.562. The summed E-state index contributed by atoms with van der Waals surface area (Å²) in [5.41, 5.74) is 5.72. The molecule has 0 saturated heterocycles. The van der Waals surface area contributed by atoms with E-state index >= 15 is 0 Å². The van der Waals surface area contributed by atoms with Gasteiger partial charge in [0, 0.05) is 11.5 Å². The Morgan fingerprint density at radius 3 is 2.39 bits per heavy atom. The maximum absolute atomic E-state index is 13.4. The second kappa shape index (κ2) is 9.15. The minimum absolute atomic E-state index is 0.00920. The molecule has 0 radical (unpaired) electrons. The van der Waals surface area contributed by atoms with Crippen LogP contribution < -0.4 is 5.32 Å². The molecular formula is C26H19FN2O2. The van der Waals surface area contributed by atoms with Crippen LogP contribution in [-0.4, -0.2) is 19.2 Å². The summed E-state index contributed by atoms with van der Waals surface area (Å²) < 4.78 is 18.9. The van der Waals surface area contributed by atoms with E-state index in [1.807, 2.05) is 30.3 Å². The molecule has 0 aliphatic heterocycles. The number of nitrogens with zero attached hydrogens (tertiary/aromatic N) is 1. The molecule has 4 nitrogen and oxygen atoms in total. The third kappa shape index (κ3) is 4.42. The van der Waals surface area contributed by atoms with E-state index in [4.69, 9.17) is 10.00 Å². The monoisotopic (exact) mass is 410 g/mol. The summed E-state index contributed by atoms with van der Waals surface area (Å²) >= 11 is 0. The molecule has 0 saturated carbocycles. The van der Waals surface area contributed by atoms with Crippen molar-refractivity contribution in [3.05, 3.63) is 94.8 Å². The molecule has 31 heavy (non-hydrogen) atoms. The van der Waals surface area contributed by atoms with Crippen LogP contribution in [0.25, 0.3) is 11.1 Å². The SMILES string of the molecule is N#CCc1ccc(F)cc1C#CCNC(=O)OCC1c2ccccc2-c2ccccc21. The zero-order chi connectivity index (χ0) is 21.6. The number of hydrogen-bond donors (Lipinski definition) is 1. The van der Waals surface area contributed by atoms with E-state index in [1.54, 1.807) is 6.07 Å². The predicted molar refractivity (Wildman–Crippen MR) is 116 cm³/mol. The molecule has 1 N–H and O–H groups in total. The number of amides is 1. The van der Waals surface area contributed by atoms with E-state index in [0.29, 0.717) is 11.1 Å². The summed E-state index contributed by atoms with van der Waals surface area (Å²) in [6.45, 7) is 0.280. The number of hydrogen-bond acceptors (Lipinski definition) is 3. The fraction of sp³-hybridized carbons (Fsp3) is 0.154. The van der Waals surface area contributed by atoms with E-state index in [-0.39, 0.29) is 25.5 Å². The highest BCUT2D eigenvalue weighted by molar-refractivity contribution is 5.79. The van der Waals surface area contributed by atoms with Crippen molar-refractivity contribution in [3.8, 4) is 29.0 Å². The van der Waals surface area contributed by atoms with Crippen molar-refractivity contribution in [2.45, 2.75) is 12.3 Å². The maximum atomic E-state index is 13.4. The van der Waals surface area contributed by atoms with Gasteiger partial charge in [-0.25, -0.2) is 9.18 Å². The Labute approximate surface area is 180 Å². The number of carbonyl (C=O) groups excluding carboxylic acids is 1. The average molecular weight is 410 g/mol. The van der Waals surface area contributed by atoms with Gasteiger partial charge in [-0.05, 0) is 39.9 Å². The fourth-order valence-corrected chi connectivity index (χ4v) is 3.81. The van der Waals surface area contributed by atoms with Gasteiger partial charge in [-0.15, -0.1) is 0 Å². The Kier molecular flexibility index (Phi) is 5.96. The summed E-state index contributed by atoms with van der Waals surface area (Å²) in [5.74, 6) is 5.16. The molecular weight excluding hydrogens is 391 g/mol. The van der Waals surface area contributed by atoms with Crippen molar-refractivity contribution in [1.82, 2.24) is 5.32 Å². The largest absolute Gasteiger partial charge is 0.449 e. The van der Waals surface area contributed by atoms with Gasteiger partial charge in [-0.2, -0.15) is 5.26 Å². The van der Waals surface area contributed by atoms with Gasteiger partial charge in [0.05, 0.1) is 19.0 Å². The third-order valence-electron chi connectivity index (χ3n) is 5.23. The molecule has 1 aliphatic carbocycles. The van der Waals surface area contributed by atoms with Gasteiger partial charge in [-0.1, -0.05) is 66.4 Å². The van der Waals surface area contributed by atoms with Crippen LogP contribution in [0.3, 0.4) is 0 Å². The van der Waals surface area contributed by atoms with Crippen LogP contribution in [0.15, 0.2) is 66.7 Å². The van der Waals surface area contributed by atoms with Crippen molar-refractivity contribution < 1.29 is 13.9 Å². The lowest BCUT2D eigenvalue weighted by Gasteiger charge is -2.14. The number of halogens is 1. The summed E-state index contributed by atoms with van der Waals surface area (Å²) in [6.07, 6.45) is -0.419. The molecule has 0 heterocycles. The zero-order valence-corrected chi connectivity index (χ0v) is 16.7. The number of nitriles is 1. The van der Waals surface area contributed by atoms with Crippen LogP contribution in [0, 0.1) is 29.0 Å². The van der Waals surface area contributed by atoms with Crippen molar-refractivity contribution in [3.63, 3.8) is 0 Å². The third-order valence-corrected chi connectivity index (χ3v) is 5.23. The molecule has 5 heteroatoms. The van der Waals surface area contributed by atoms with Gasteiger partial charge in [0.15, 0.2) is 0 Å². The molecule has 3 aromatic carbocycles. The second-order valence-electron chi connectivity index (χ2n) is 7.12. The van der Waals surface area contributed by atoms with E-state index in [1.165, 1.54) is 23.3 Å². The molecule has 0 aromatic heterocycles. The maximum Gasteiger partial charge on any atom is 0.407 e. The van der Waals surface area contributed by atoms with E-state index in [2.05, 4.69) is 41.4 Å². The molecule has 4 rings (SSSR count). The van der Waals surface area contributed by atoms with E-state index in [0.717, 1.165) is 11.1 Å². The number of ether oxygens (including phenoxy) is 1. The number of carbonyl (C=O) groups is 1. The number of rotatable bonds is 4. The highest BCUT2D eigenvalue weighted by Gasteiger charge is 2.28. The lowest BCUT2D eigenvalue weighted by molar-refractivity contribution is 0.144. The Balaban J connectivity index is 1.36. The highest BCUT2D eigenvalue weighted by atomic mass is 19.1. The van der Waals surface area contributed by atoms with Crippen LogP contribution in [0.2, 0.25) is 0 Å². The van der Waals surface area contributed by atoms with Crippen molar-refractivity contribution in [2.24, 2.45) is 0 Å². The lowest BCUT2D eigenvalue weighted by Crippen LogP contribution is -2.26. The quantitative estimate of drug-likeness (QED) is 0.630. The first-order chi connectivity index (χ1) is 15.2. The number of nitrogens with one attached hydrogen (secondary N) is 1. The number of alkyl carbamates (subject to hydrolysis) is 1. The average Bonchev–Trinajstić information content (AvgIpc) is 3.11. The van der Waals surface area contributed by atoms with E-state index in [9.17, 15) is 9.18 Å². The van der Waals surface area contributed by atoms with Gasteiger partial charge in [-0.3, -0.25) is 0 Å². The molecule has 0 atom stereocenters. The van der Waals surface area contributed by atoms with Crippen LogP contribution in [0.1, 0.15) is 28.2 Å². The fourth-order valence-electron chi connectivity index (χ4n) is 3.81. The smallest absolute Gasteiger partial charge is 0.407 e. The summed E-state index contributed by atoms with van der Waals surface area (Å²) in [6, 6.07) is 22.4. The molecule has 0 unspecified atom stereocenters. The molecule has 0 spiro atoms. The van der Waals surface area contributed by atoms with Gasteiger partial charge in [0.1, 0.15) is 12.4 Å². The Morgan fingerprint density at radius 2 is 1.71 bits per heavy atom. The summed E-state index contributed by atoms with van der Waals surface area (Å²) in [5, 5.41) is 11.5. The molecule has 0 bridgehead atoms. The summed E-state index contributed by atoms with van der Waals surface area (Å²) in [4.78, 5) is 12.2. The molecule has 1 amide bonds. The topological polar surface area (TPSA) is 62.1 Å². The molecule has 3 aromatic rings. The van der Waals surface area contributed by atoms with Crippen molar-refractivity contribution >= 4 is 6.09 Å². The van der Waals surface area contributed by atoms with E-state index < -0.39 is 11.9 Å². The first-order valence-corrected chi connectivity index (χ1v) is 9.90. The first-order valence-electron chi connectivity index (χ1n) is 9.90. The van der Waals surface area contributed by atoms with Gasteiger partial charge in [0.2, 0.25) is 0 Å². The number of benzene rings is 3. The minimum Gasteiger partial charge on any atom is -0.449 e. The lowest BCUT2D eigenvalue weighted by atomic mass is 9.98. The van der Waals surface area contributed by atoms with Crippen LogP contribution in [0.5, 0.6) is 0 Å². The molecule has 0 fully saturated rings. The van der Waals surface area contributed by atoms with Gasteiger partial charge >= 0.3 is 6.09 Å². The van der Waals surface area contributed by atoms with Gasteiger partial charge in [0.25, 0.3) is 0 Å². The Morgan fingerprint density at radius 1 is 1.03 bits per heavy atom. The Bertz CT molecular complexity index is 1190. The number of fused-ring (bicyclic) bond motifs is 3. The van der Waals surface area contributed by atoms with Crippen LogP contribution in [-0.2, 0) is 11.2 Å². The highest BCUT2D eigenvalue weighted by Crippen LogP contribution is 2.44. The Hall–Kier alpha value is -4.09. The zero-order valence-electron chi connectivity index (χ0n) is 16.7. The standard InChI is InChI=1S/C26H19FN2O2/c27-20-12-11-18(13-14-28)19(16-20)6-5-15-29-26(30)31-17-25-23-9-3-1-7-21(23)22-8-2-4-10-24(22)25/h1-4,7-12,16,25H,13,15,17H2,(H,29,30). The molecule has 152 valence electrons. The second-order valence-corrected chi connectivity index (χ2v) is 7.12.